The van der Waals surface area contributed by atoms with E-state index >= 15 is 0 Å². The summed E-state index contributed by atoms with van der Waals surface area (Å²) in [5.41, 5.74) is 1.85. The standard InChI is InChI=1S/C25H48.W/c1-17-18(2,3)19(4,5)20(6,7)22(10,11)25(16)23(12,13)21(8,9)24(25,14)15;/h1-16H3;. The average molecular weight is 532 g/mol. The first-order chi connectivity index (χ1) is 10.9. The van der Waals surface area contributed by atoms with E-state index in [1.807, 2.05) is 0 Å². The molecule has 0 unspecified atom stereocenters. The molecule has 1 heteroatoms. The molecule has 0 spiro atoms. The average Bonchev–Trinajstić information content (AvgIpc) is 2.43. The maximum absolute atomic E-state index is 2.59. The van der Waals surface area contributed by atoms with Crippen LogP contribution in [0.2, 0.25) is 0 Å². The van der Waals surface area contributed by atoms with E-state index in [-0.39, 0.29) is 37.9 Å². The molecule has 1 fully saturated rings. The Balaban J connectivity index is 3.71. The Labute approximate surface area is 177 Å². The van der Waals surface area contributed by atoms with Crippen LogP contribution in [0.4, 0.5) is 0 Å². The van der Waals surface area contributed by atoms with Gasteiger partial charge in [-0.3, -0.25) is 0 Å². The van der Waals surface area contributed by atoms with Crippen LogP contribution in [0.1, 0.15) is 111 Å². The van der Waals surface area contributed by atoms with Gasteiger partial charge < -0.3 is 0 Å². The van der Waals surface area contributed by atoms with Crippen molar-refractivity contribution in [3.63, 3.8) is 0 Å². The van der Waals surface area contributed by atoms with Gasteiger partial charge >= 0.3 is 177 Å². The van der Waals surface area contributed by atoms with Crippen LogP contribution >= 0.6 is 0 Å². The fourth-order valence-corrected chi connectivity index (χ4v) is 7.86. The molecule has 154 valence electrons. The van der Waals surface area contributed by atoms with Crippen molar-refractivity contribution in [2.45, 2.75) is 111 Å². The quantitative estimate of drug-likeness (QED) is 0.337. The van der Waals surface area contributed by atoms with Gasteiger partial charge in [0.25, 0.3) is 0 Å². The zero-order valence-electron chi connectivity index (χ0n) is 20.9. The van der Waals surface area contributed by atoms with Gasteiger partial charge in [-0.1, -0.05) is 0 Å². The third kappa shape index (κ3) is 2.21. The van der Waals surface area contributed by atoms with E-state index in [0.717, 1.165) is 0 Å². The second-order valence-corrected chi connectivity index (χ2v) is 15.3. The molecule has 1 aliphatic carbocycles. The molecular weight excluding hydrogens is 484 g/mol. The maximum atomic E-state index is 2.59. The molecule has 0 aromatic rings. The van der Waals surface area contributed by atoms with Crippen LogP contribution in [-0.2, 0) is 19.4 Å². The molecule has 1 aliphatic rings. The van der Waals surface area contributed by atoms with Crippen molar-refractivity contribution in [3.05, 3.63) is 0 Å². The van der Waals surface area contributed by atoms with Crippen LogP contribution in [0, 0.1) is 43.3 Å². The predicted octanol–water partition coefficient (Wildman–Crippen LogP) is 7.93. The Bertz CT molecular complexity index is 576. The third-order valence-corrected chi connectivity index (χ3v) is 14.3. The molecule has 0 nitrogen and oxygen atoms in total. The molecule has 0 N–H and O–H groups in total. The van der Waals surface area contributed by atoms with Gasteiger partial charge in [0.1, 0.15) is 0 Å². The van der Waals surface area contributed by atoms with E-state index in [9.17, 15) is 0 Å². The van der Waals surface area contributed by atoms with Gasteiger partial charge in [0.05, 0.1) is 0 Å². The second-order valence-electron chi connectivity index (χ2n) is 13.1. The van der Waals surface area contributed by atoms with E-state index in [4.69, 9.17) is 0 Å². The van der Waals surface area contributed by atoms with Gasteiger partial charge in [-0.05, 0) is 0 Å². The minimum absolute atomic E-state index is 0.167. The molecule has 0 saturated heterocycles. The second kappa shape index (κ2) is 5.80. The predicted molar refractivity (Wildman–Crippen MR) is 115 cm³/mol. The van der Waals surface area contributed by atoms with Crippen LogP contribution in [0.5, 0.6) is 0 Å². The SMILES string of the molecule is C[C](=[W])C(C)(C)C(C)(C)C(C)(C)C(C)(C)C1(C)C(C)(C)C(C)(C)C1(C)C. The summed E-state index contributed by atoms with van der Waals surface area (Å²) in [6.45, 7) is 40.2. The first-order valence-electron chi connectivity index (χ1n) is 10.5. The molecule has 0 aliphatic heterocycles. The Morgan fingerprint density at radius 1 is 0.577 bits per heavy atom. The Hall–Kier alpha value is 0.558. The molecule has 0 atom stereocenters. The van der Waals surface area contributed by atoms with Gasteiger partial charge in [0, 0.05) is 0 Å². The molecule has 0 bridgehead atoms. The van der Waals surface area contributed by atoms with Crippen LogP contribution in [0.3, 0.4) is 0 Å². The van der Waals surface area contributed by atoms with E-state index in [2.05, 4.69) is 111 Å². The van der Waals surface area contributed by atoms with Crippen molar-refractivity contribution in [2.24, 2.45) is 43.3 Å². The van der Waals surface area contributed by atoms with Crippen molar-refractivity contribution in [2.75, 3.05) is 0 Å². The van der Waals surface area contributed by atoms with Gasteiger partial charge in [-0.2, -0.15) is 0 Å². The third-order valence-electron chi connectivity index (χ3n) is 12.4. The first-order valence-corrected chi connectivity index (χ1v) is 11.9. The van der Waals surface area contributed by atoms with Crippen molar-refractivity contribution in [1.82, 2.24) is 0 Å². The van der Waals surface area contributed by atoms with Crippen LogP contribution in [-0.4, -0.2) is 3.90 Å². The zero-order valence-corrected chi connectivity index (χ0v) is 23.8. The van der Waals surface area contributed by atoms with Crippen molar-refractivity contribution < 1.29 is 19.4 Å². The van der Waals surface area contributed by atoms with Gasteiger partial charge in [-0.15, -0.1) is 0 Å². The Morgan fingerprint density at radius 3 is 1.15 bits per heavy atom. The van der Waals surface area contributed by atoms with Gasteiger partial charge in [0.2, 0.25) is 0 Å². The van der Waals surface area contributed by atoms with E-state index < -0.39 is 0 Å². The zero-order chi connectivity index (χ0) is 21.6. The van der Waals surface area contributed by atoms with Crippen LogP contribution in [0.25, 0.3) is 0 Å². The van der Waals surface area contributed by atoms with Gasteiger partial charge in [-0.25, -0.2) is 0 Å². The molecule has 0 amide bonds. The van der Waals surface area contributed by atoms with E-state index in [0.29, 0.717) is 5.41 Å². The van der Waals surface area contributed by atoms with E-state index in [1.54, 1.807) is 23.3 Å². The van der Waals surface area contributed by atoms with Crippen LogP contribution in [0.15, 0.2) is 0 Å². The summed E-state index contributed by atoms with van der Waals surface area (Å²) < 4.78 is 1.61. The number of rotatable bonds is 5. The molecule has 1 saturated carbocycles. The fraction of sp³-hybridized carbons (Fsp3) is 0.960. The summed E-state index contributed by atoms with van der Waals surface area (Å²) in [6.07, 6.45) is 0. The molecule has 0 aromatic heterocycles. The minimum atomic E-state index is 0.167. The number of hydrogen-bond donors (Lipinski definition) is 0. The van der Waals surface area contributed by atoms with Crippen molar-refractivity contribution >= 4 is 3.90 Å². The summed E-state index contributed by atoms with van der Waals surface area (Å²) in [4.78, 5) is 0. The monoisotopic (exact) mass is 532 g/mol. The number of hydrogen-bond acceptors (Lipinski definition) is 0. The summed E-state index contributed by atoms with van der Waals surface area (Å²) in [5, 5.41) is 0. The van der Waals surface area contributed by atoms with Crippen LogP contribution < -0.4 is 0 Å². The first kappa shape index (κ1) is 24.6. The summed E-state index contributed by atoms with van der Waals surface area (Å²) in [6, 6.07) is 0. The molecule has 0 radical (unpaired) electrons. The molecule has 0 heterocycles. The summed E-state index contributed by atoms with van der Waals surface area (Å²) in [7, 11) is 0. The molecule has 1 rings (SSSR count). The normalized spacial score (nSPS) is 24.8. The van der Waals surface area contributed by atoms with Crippen molar-refractivity contribution in [3.8, 4) is 0 Å². The van der Waals surface area contributed by atoms with Crippen molar-refractivity contribution in [1.29, 1.82) is 0 Å². The fourth-order valence-electron chi connectivity index (χ4n) is 6.94. The molecule has 0 aromatic carbocycles. The van der Waals surface area contributed by atoms with Gasteiger partial charge in [0.15, 0.2) is 0 Å². The van der Waals surface area contributed by atoms with E-state index in [1.165, 1.54) is 0 Å². The summed E-state index contributed by atoms with van der Waals surface area (Å²) in [5.74, 6) is 0. The Kier molecular flexibility index (Phi) is 5.49. The molecule has 26 heavy (non-hydrogen) atoms. The molecular formula is C25H48W. The topological polar surface area (TPSA) is 0 Å². The summed E-state index contributed by atoms with van der Waals surface area (Å²) >= 11 is 1.63. The Morgan fingerprint density at radius 2 is 0.885 bits per heavy atom.